The quantitative estimate of drug-likeness (QED) is 0.740. The SMILES string of the molecule is CCNC(=O)O[C@@H]1CO[C@H]2[C@@H]1OC[C@@H]2NCCCc1ccccc1. The van der Waals surface area contributed by atoms with Crippen LogP contribution in [0.15, 0.2) is 30.3 Å². The highest BCUT2D eigenvalue weighted by atomic mass is 16.6. The number of nitrogens with one attached hydrogen (secondary N) is 2. The first-order valence-corrected chi connectivity index (χ1v) is 8.73. The lowest BCUT2D eigenvalue weighted by atomic mass is 10.1. The molecule has 0 aromatic heterocycles. The van der Waals surface area contributed by atoms with Gasteiger partial charge in [-0.2, -0.15) is 0 Å². The maximum Gasteiger partial charge on any atom is 0.407 e. The number of aryl methyl sites for hydroxylation is 1. The molecule has 24 heavy (non-hydrogen) atoms. The third kappa shape index (κ3) is 4.26. The average Bonchev–Trinajstić information content (AvgIpc) is 3.16. The van der Waals surface area contributed by atoms with E-state index in [2.05, 4.69) is 34.9 Å². The summed E-state index contributed by atoms with van der Waals surface area (Å²) in [6.45, 7) is 4.31. The van der Waals surface area contributed by atoms with E-state index in [4.69, 9.17) is 14.2 Å². The van der Waals surface area contributed by atoms with Crippen LogP contribution in [-0.2, 0) is 20.6 Å². The number of hydrogen-bond donors (Lipinski definition) is 2. The molecule has 1 amide bonds. The number of carbonyl (C=O) groups excluding carboxylic acids is 1. The lowest BCUT2D eigenvalue weighted by Crippen LogP contribution is -2.42. The number of rotatable bonds is 7. The van der Waals surface area contributed by atoms with Crippen molar-refractivity contribution in [2.45, 2.75) is 44.1 Å². The molecular weight excluding hydrogens is 308 g/mol. The molecule has 0 spiro atoms. The van der Waals surface area contributed by atoms with Crippen molar-refractivity contribution in [1.29, 1.82) is 0 Å². The van der Waals surface area contributed by atoms with Crippen LogP contribution in [-0.4, -0.2) is 56.8 Å². The Balaban J connectivity index is 1.39. The molecule has 6 nitrogen and oxygen atoms in total. The number of benzene rings is 1. The summed E-state index contributed by atoms with van der Waals surface area (Å²) in [5.41, 5.74) is 1.35. The lowest BCUT2D eigenvalue weighted by Gasteiger charge is -2.18. The highest BCUT2D eigenvalue weighted by molar-refractivity contribution is 5.67. The third-order valence-electron chi connectivity index (χ3n) is 4.48. The number of ether oxygens (including phenoxy) is 3. The highest BCUT2D eigenvalue weighted by Gasteiger charge is 2.49. The number of amides is 1. The number of hydrogen-bond acceptors (Lipinski definition) is 5. The fourth-order valence-corrected chi connectivity index (χ4v) is 3.29. The van der Waals surface area contributed by atoms with Crippen LogP contribution in [0.2, 0.25) is 0 Å². The van der Waals surface area contributed by atoms with Crippen molar-refractivity contribution in [1.82, 2.24) is 10.6 Å². The normalized spacial score (nSPS) is 28.5. The monoisotopic (exact) mass is 334 g/mol. The standard InChI is InChI=1S/C18H26N2O4/c1-2-19-18(21)24-15-12-23-16-14(11-22-17(15)16)20-10-6-9-13-7-4-3-5-8-13/h3-5,7-8,14-17,20H,2,6,9-12H2,1H3,(H,19,21)/t14-,15+,16+,17+/m0/s1. The summed E-state index contributed by atoms with van der Waals surface area (Å²) in [5, 5.41) is 6.15. The molecule has 0 aliphatic carbocycles. The summed E-state index contributed by atoms with van der Waals surface area (Å²) in [7, 11) is 0. The summed E-state index contributed by atoms with van der Waals surface area (Å²) < 4.78 is 17.0. The van der Waals surface area contributed by atoms with Crippen LogP contribution >= 0.6 is 0 Å². The van der Waals surface area contributed by atoms with Gasteiger partial charge in [-0.1, -0.05) is 30.3 Å². The van der Waals surface area contributed by atoms with Gasteiger partial charge in [0, 0.05) is 6.54 Å². The van der Waals surface area contributed by atoms with E-state index in [9.17, 15) is 4.79 Å². The topological polar surface area (TPSA) is 68.8 Å². The van der Waals surface area contributed by atoms with Crippen molar-refractivity contribution < 1.29 is 19.0 Å². The first-order valence-electron chi connectivity index (χ1n) is 8.73. The van der Waals surface area contributed by atoms with E-state index < -0.39 is 6.09 Å². The molecule has 2 heterocycles. The second-order valence-corrected chi connectivity index (χ2v) is 6.22. The molecule has 0 bridgehead atoms. The van der Waals surface area contributed by atoms with E-state index >= 15 is 0 Å². The Morgan fingerprint density at radius 2 is 2.00 bits per heavy atom. The van der Waals surface area contributed by atoms with Crippen LogP contribution in [0.25, 0.3) is 0 Å². The van der Waals surface area contributed by atoms with Crippen LogP contribution in [0.1, 0.15) is 18.9 Å². The Labute approximate surface area is 142 Å². The minimum atomic E-state index is -0.408. The minimum absolute atomic E-state index is 0.0406. The van der Waals surface area contributed by atoms with Crippen molar-refractivity contribution in [3.05, 3.63) is 35.9 Å². The van der Waals surface area contributed by atoms with Gasteiger partial charge in [0.05, 0.1) is 19.3 Å². The van der Waals surface area contributed by atoms with Gasteiger partial charge in [-0.15, -0.1) is 0 Å². The van der Waals surface area contributed by atoms with Crippen molar-refractivity contribution in [2.75, 3.05) is 26.3 Å². The van der Waals surface area contributed by atoms with Gasteiger partial charge in [-0.25, -0.2) is 4.79 Å². The third-order valence-corrected chi connectivity index (χ3v) is 4.48. The predicted octanol–water partition coefficient (Wildman–Crippen LogP) is 1.49. The largest absolute Gasteiger partial charge is 0.441 e. The Kier molecular flexibility index (Phi) is 6.07. The van der Waals surface area contributed by atoms with Gasteiger partial charge in [-0.05, 0) is 31.9 Å². The number of carbonyl (C=O) groups is 1. The molecule has 0 saturated carbocycles. The lowest BCUT2D eigenvalue weighted by molar-refractivity contribution is 0.00402. The molecule has 2 N–H and O–H groups in total. The summed E-state index contributed by atoms with van der Waals surface area (Å²) in [4.78, 5) is 11.6. The van der Waals surface area contributed by atoms with Crippen LogP contribution in [0.5, 0.6) is 0 Å². The smallest absolute Gasteiger partial charge is 0.407 e. The van der Waals surface area contributed by atoms with Crippen LogP contribution in [0.3, 0.4) is 0 Å². The predicted molar refractivity (Wildman–Crippen MR) is 90.0 cm³/mol. The summed E-state index contributed by atoms with van der Waals surface area (Å²) >= 11 is 0. The van der Waals surface area contributed by atoms with E-state index in [1.165, 1.54) is 5.56 Å². The fraction of sp³-hybridized carbons (Fsp3) is 0.611. The van der Waals surface area contributed by atoms with Crippen LogP contribution < -0.4 is 10.6 Å². The molecule has 1 aromatic rings. The molecule has 2 aliphatic rings. The molecule has 2 saturated heterocycles. The molecule has 6 heteroatoms. The maximum absolute atomic E-state index is 11.6. The number of alkyl carbamates (subject to hydrolysis) is 1. The van der Waals surface area contributed by atoms with E-state index in [1.54, 1.807) is 0 Å². The first-order chi connectivity index (χ1) is 11.8. The zero-order chi connectivity index (χ0) is 16.8. The Hall–Kier alpha value is -1.63. The fourth-order valence-electron chi connectivity index (χ4n) is 3.29. The Morgan fingerprint density at radius 3 is 2.79 bits per heavy atom. The molecule has 1 aromatic carbocycles. The van der Waals surface area contributed by atoms with Gasteiger partial charge in [0.1, 0.15) is 12.2 Å². The Bertz CT molecular complexity index is 525. The zero-order valence-corrected chi connectivity index (χ0v) is 14.1. The van der Waals surface area contributed by atoms with E-state index in [0.717, 1.165) is 19.4 Å². The van der Waals surface area contributed by atoms with Gasteiger partial charge < -0.3 is 24.8 Å². The van der Waals surface area contributed by atoms with Crippen LogP contribution in [0, 0.1) is 0 Å². The summed E-state index contributed by atoms with van der Waals surface area (Å²) in [6, 6.07) is 10.6. The van der Waals surface area contributed by atoms with Crippen molar-refractivity contribution >= 4 is 6.09 Å². The second-order valence-electron chi connectivity index (χ2n) is 6.22. The van der Waals surface area contributed by atoms with Crippen LogP contribution in [0.4, 0.5) is 4.79 Å². The molecule has 3 rings (SSSR count). The van der Waals surface area contributed by atoms with Gasteiger partial charge in [-0.3, -0.25) is 0 Å². The van der Waals surface area contributed by atoms with Gasteiger partial charge in [0.15, 0.2) is 6.10 Å². The number of fused-ring (bicyclic) bond motifs is 1. The van der Waals surface area contributed by atoms with Crippen molar-refractivity contribution in [2.24, 2.45) is 0 Å². The van der Waals surface area contributed by atoms with Gasteiger partial charge >= 0.3 is 6.09 Å². The highest BCUT2D eigenvalue weighted by Crippen LogP contribution is 2.29. The summed E-state index contributed by atoms with van der Waals surface area (Å²) in [6.07, 6.45) is 1.18. The molecule has 4 atom stereocenters. The van der Waals surface area contributed by atoms with Gasteiger partial charge in [0.25, 0.3) is 0 Å². The molecule has 0 unspecified atom stereocenters. The first kappa shape index (κ1) is 17.2. The molecule has 2 fully saturated rings. The minimum Gasteiger partial charge on any atom is -0.441 e. The van der Waals surface area contributed by atoms with Gasteiger partial charge in [0.2, 0.25) is 0 Å². The average molecular weight is 334 g/mol. The van der Waals surface area contributed by atoms with Crippen molar-refractivity contribution in [3.8, 4) is 0 Å². The van der Waals surface area contributed by atoms with Crippen molar-refractivity contribution in [3.63, 3.8) is 0 Å². The molecular formula is C18H26N2O4. The second kappa shape index (κ2) is 8.46. The van der Waals surface area contributed by atoms with E-state index in [1.807, 2.05) is 13.0 Å². The summed E-state index contributed by atoms with van der Waals surface area (Å²) in [5.74, 6) is 0. The van der Waals surface area contributed by atoms with E-state index in [0.29, 0.717) is 19.8 Å². The van der Waals surface area contributed by atoms with E-state index in [-0.39, 0.29) is 24.4 Å². The molecule has 0 radical (unpaired) electrons. The maximum atomic E-state index is 11.6. The zero-order valence-electron chi connectivity index (χ0n) is 14.1. The Morgan fingerprint density at radius 1 is 1.21 bits per heavy atom. The molecule has 132 valence electrons. The molecule has 2 aliphatic heterocycles.